The average Bonchev–Trinajstić information content (AvgIpc) is 2.92. The van der Waals surface area contributed by atoms with Crippen molar-refractivity contribution in [2.24, 2.45) is 0 Å². The van der Waals surface area contributed by atoms with E-state index in [1.807, 2.05) is 31.2 Å². The second kappa shape index (κ2) is 3.46. The molecule has 1 aromatic carbocycles. The second-order valence-electron chi connectivity index (χ2n) is 5.00. The molecule has 4 atom stereocenters. The molecule has 1 aromatic rings. The zero-order valence-corrected chi connectivity index (χ0v) is 9.95. The molecule has 0 spiro atoms. The molecule has 1 aliphatic heterocycles. The highest BCUT2D eigenvalue weighted by molar-refractivity contribution is 6.31. The van der Waals surface area contributed by atoms with Crippen LogP contribution in [0.5, 0.6) is 0 Å². The van der Waals surface area contributed by atoms with E-state index in [1.54, 1.807) is 0 Å². The van der Waals surface area contributed by atoms with Crippen molar-refractivity contribution in [3.05, 3.63) is 34.9 Å². The maximum atomic E-state index is 10.0. The van der Waals surface area contributed by atoms with Gasteiger partial charge in [-0.2, -0.15) is 0 Å². The van der Waals surface area contributed by atoms with Gasteiger partial charge in [0.2, 0.25) is 0 Å². The van der Waals surface area contributed by atoms with Crippen molar-refractivity contribution >= 4 is 11.6 Å². The number of aliphatic hydroxyl groups is 1. The van der Waals surface area contributed by atoms with Crippen LogP contribution >= 0.6 is 11.6 Å². The Balaban J connectivity index is 1.85. The van der Waals surface area contributed by atoms with Crippen molar-refractivity contribution in [1.29, 1.82) is 0 Å². The zero-order chi connectivity index (χ0) is 11.3. The average molecular weight is 239 g/mol. The van der Waals surface area contributed by atoms with Gasteiger partial charge >= 0.3 is 0 Å². The Morgan fingerprint density at radius 2 is 2.12 bits per heavy atom. The van der Waals surface area contributed by atoms with Crippen molar-refractivity contribution in [3.8, 4) is 0 Å². The van der Waals surface area contributed by atoms with Crippen molar-refractivity contribution in [2.45, 2.75) is 43.5 Å². The monoisotopic (exact) mass is 238 g/mol. The minimum absolute atomic E-state index is 0.206. The van der Waals surface area contributed by atoms with Crippen LogP contribution in [0.2, 0.25) is 5.02 Å². The molecule has 1 heterocycles. The third-order valence-electron chi connectivity index (χ3n) is 3.99. The van der Waals surface area contributed by atoms with Crippen LogP contribution in [0.25, 0.3) is 0 Å². The van der Waals surface area contributed by atoms with Gasteiger partial charge < -0.3 is 9.84 Å². The van der Waals surface area contributed by atoms with E-state index in [-0.39, 0.29) is 17.8 Å². The van der Waals surface area contributed by atoms with Gasteiger partial charge in [-0.3, -0.25) is 0 Å². The Bertz CT molecular complexity index is 420. The van der Waals surface area contributed by atoms with Gasteiger partial charge in [0, 0.05) is 5.02 Å². The largest absolute Gasteiger partial charge is 0.390 e. The number of aliphatic hydroxyl groups excluding tert-OH is 1. The van der Waals surface area contributed by atoms with Gasteiger partial charge in [-0.1, -0.05) is 29.8 Å². The summed E-state index contributed by atoms with van der Waals surface area (Å²) in [4.78, 5) is 0. The third-order valence-corrected chi connectivity index (χ3v) is 4.34. The zero-order valence-electron chi connectivity index (χ0n) is 9.19. The van der Waals surface area contributed by atoms with E-state index in [4.69, 9.17) is 16.3 Å². The van der Waals surface area contributed by atoms with Gasteiger partial charge in [-0.25, -0.2) is 0 Å². The molecule has 1 saturated heterocycles. The Kier molecular flexibility index (Phi) is 2.29. The maximum absolute atomic E-state index is 10.0. The fourth-order valence-electron chi connectivity index (χ4n) is 2.77. The number of hydrogen-bond donors (Lipinski definition) is 1. The summed E-state index contributed by atoms with van der Waals surface area (Å²) in [6.07, 6.45) is 1.55. The van der Waals surface area contributed by atoms with E-state index in [1.165, 1.54) is 0 Å². The van der Waals surface area contributed by atoms with Crippen LogP contribution in [0.15, 0.2) is 24.3 Å². The van der Waals surface area contributed by atoms with Crippen LogP contribution in [0.4, 0.5) is 0 Å². The van der Waals surface area contributed by atoms with Crippen molar-refractivity contribution in [2.75, 3.05) is 0 Å². The summed E-state index contributed by atoms with van der Waals surface area (Å²) in [6.45, 7) is 1.99. The lowest BCUT2D eigenvalue weighted by Crippen LogP contribution is -2.35. The van der Waals surface area contributed by atoms with Crippen LogP contribution in [-0.2, 0) is 4.74 Å². The molecular weight excluding hydrogens is 224 g/mol. The van der Waals surface area contributed by atoms with Crippen molar-refractivity contribution in [1.82, 2.24) is 0 Å². The fraction of sp³-hybridized carbons (Fsp3) is 0.538. The minimum atomic E-state index is -0.368. The molecule has 1 aliphatic carbocycles. The van der Waals surface area contributed by atoms with Crippen LogP contribution in [0.1, 0.15) is 31.2 Å². The summed E-state index contributed by atoms with van der Waals surface area (Å²) in [6, 6.07) is 7.88. The first kappa shape index (κ1) is 10.6. The molecule has 0 amide bonds. The van der Waals surface area contributed by atoms with Crippen molar-refractivity contribution < 1.29 is 9.84 Å². The highest BCUT2D eigenvalue weighted by Crippen LogP contribution is 2.52. The van der Waals surface area contributed by atoms with Gasteiger partial charge in [-0.15, -0.1) is 0 Å². The first-order valence-corrected chi connectivity index (χ1v) is 6.09. The first-order valence-electron chi connectivity index (χ1n) is 5.71. The standard InChI is InChI=1S/C13H15ClO2/c1-13-11(15)6-8(7-12(13)16-13)9-4-2-3-5-10(9)14/h2-5,8,11-12,15H,6-7H2,1H3. The Hall–Kier alpha value is -0.570. The molecule has 2 fully saturated rings. The van der Waals surface area contributed by atoms with Gasteiger partial charge in [0.1, 0.15) is 5.60 Å². The molecule has 86 valence electrons. The number of benzene rings is 1. The molecule has 2 nitrogen and oxygen atoms in total. The molecule has 3 heteroatoms. The summed E-state index contributed by atoms with van der Waals surface area (Å²) in [7, 11) is 0. The van der Waals surface area contributed by atoms with E-state index in [0.717, 1.165) is 23.4 Å². The lowest BCUT2D eigenvalue weighted by molar-refractivity contribution is 0.0689. The summed E-state index contributed by atoms with van der Waals surface area (Å²) in [5, 5.41) is 10.8. The van der Waals surface area contributed by atoms with Crippen LogP contribution in [0.3, 0.4) is 0 Å². The number of rotatable bonds is 1. The molecule has 1 saturated carbocycles. The van der Waals surface area contributed by atoms with Gasteiger partial charge in [0.15, 0.2) is 0 Å². The molecule has 3 rings (SSSR count). The summed E-state index contributed by atoms with van der Waals surface area (Å²) in [5.41, 5.74) is 0.860. The van der Waals surface area contributed by atoms with E-state index in [2.05, 4.69) is 0 Å². The van der Waals surface area contributed by atoms with Crippen LogP contribution in [0, 0.1) is 0 Å². The predicted octanol–water partition coefficient (Wildman–Crippen LogP) is 2.74. The fourth-order valence-corrected chi connectivity index (χ4v) is 3.06. The molecule has 16 heavy (non-hydrogen) atoms. The molecule has 0 bridgehead atoms. The van der Waals surface area contributed by atoms with Gasteiger partial charge in [-0.05, 0) is 37.3 Å². The number of hydrogen-bond acceptors (Lipinski definition) is 2. The van der Waals surface area contributed by atoms with Crippen LogP contribution in [-0.4, -0.2) is 22.9 Å². The quantitative estimate of drug-likeness (QED) is 0.764. The molecule has 1 N–H and O–H groups in total. The summed E-state index contributed by atoms with van der Waals surface area (Å²) in [5.74, 6) is 0.323. The second-order valence-corrected chi connectivity index (χ2v) is 5.40. The minimum Gasteiger partial charge on any atom is -0.390 e. The van der Waals surface area contributed by atoms with E-state index in [0.29, 0.717) is 5.92 Å². The number of fused-ring (bicyclic) bond motifs is 1. The summed E-state index contributed by atoms with van der Waals surface area (Å²) < 4.78 is 5.58. The number of halogens is 1. The lowest BCUT2D eigenvalue weighted by atomic mass is 9.77. The topological polar surface area (TPSA) is 32.8 Å². The highest BCUT2D eigenvalue weighted by atomic mass is 35.5. The first-order chi connectivity index (χ1) is 7.61. The lowest BCUT2D eigenvalue weighted by Gasteiger charge is -2.28. The number of ether oxygens (including phenoxy) is 1. The summed E-state index contributed by atoms with van der Waals surface area (Å²) >= 11 is 6.18. The van der Waals surface area contributed by atoms with Gasteiger partial charge in [0.05, 0.1) is 12.2 Å². The van der Waals surface area contributed by atoms with Crippen molar-refractivity contribution in [3.63, 3.8) is 0 Å². The van der Waals surface area contributed by atoms with E-state index >= 15 is 0 Å². The highest BCUT2D eigenvalue weighted by Gasteiger charge is 2.61. The molecule has 2 aliphatic rings. The smallest absolute Gasteiger partial charge is 0.118 e. The Morgan fingerprint density at radius 3 is 2.81 bits per heavy atom. The predicted molar refractivity (Wildman–Crippen MR) is 62.7 cm³/mol. The third kappa shape index (κ3) is 1.48. The SMILES string of the molecule is CC12OC1CC(c1ccccc1Cl)CC2O. The molecular formula is C13H15ClO2. The number of epoxide rings is 1. The van der Waals surface area contributed by atoms with Crippen LogP contribution < -0.4 is 0 Å². The Labute approximate surface area is 100 Å². The van der Waals surface area contributed by atoms with Gasteiger partial charge in [0.25, 0.3) is 0 Å². The Morgan fingerprint density at radius 1 is 1.38 bits per heavy atom. The normalized spacial score (nSPS) is 41.6. The molecule has 0 radical (unpaired) electrons. The van der Waals surface area contributed by atoms with E-state index < -0.39 is 0 Å². The maximum Gasteiger partial charge on any atom is 0.118 e. The van der Waals surface area contributed by atoms with E-state index in [9.17, 15) is 5.11 Å². The molecule has 0 aromatic heterocycles. The molecule has 4 unspecified atom stereocenters.